The van der Waals surface area contributed by atoms with Gasteiger partial charge in [-0.3, -0.25) is 0 Å². The highest BCUT2D eigenvalue weighted by atomic mass is 79.9. The first kappa shape index (κ1) is 17.8. The molecule has 0 saturated carbocycles. The second kappa shape index (κ2) is 6.69. The largest absolute Gasteiger partial charge is 0.369 e. The van der Waals surface area contributed by atoms with Crippen molar-refractivity contribution in [3.63, 3.8) is 0 Å². The first-order valence-electron chi connectivity index (χ1n) is 8.57. The van der Waals surface area contributed by atoms with Crippen molar-refractivity contribution >= 4 is 33.3 Å². The number of allylic oxidation sites excluding steroid dienone is 1. The van der Waals surface area contributed by atoms with Crippen LogP contribution in [-0.2, 0) is 0 Å². The molecular weight excluding hydrogens is 372 g/mol. The summed E-state index contributed by atoms with van der Waals surface area (Å²) in [5.41, 5.74) is 5.51. The summed E-state index contributed by atoms with van der Waals surface area (Å²) in [6.07, 6.45) is 3.11. The van der Waals surface area contributed by atoms with Crippen molar-refractivity contribution in [3.8, 4) is 6.07 Å². The van der Waals surface area contributed by atoms with Crippen LogP contribution < -0.4 is 4.90 Å². The molecule has 0 radical (unpaired) electrons. The molecule has 3 heteroatoms. The normalized spacial score (nSPS) is 19.3. The summed E-state index contributed by atoms with van der Waals surface area (Å²) < 4.78 is 0.981. The second-order valence-corrected chi connectivity index (χ2v) is 8.39. The van der Waals surface area contributed by atoms with Crippen molar-refractivity contribution in [3.05, 3.63) is 63.6 Å². The lowest BCUT2D eigenvalue weighted by atomic mass is 9.80. The van der Waals surface area contributed by atoms with Crippen LogP contribution in [0.4, 0.5) is 5.69 Å². The summed E-state index contributed by atoms with van der Waals surface area (Å²) >= 11 is 3.48. The van der Waals surface area contributed by atoms with Gasteiger partial charge >= 0.3 is 0 Å². The monoisotopic (exact) mass is 394 g/mol. The molecule has 1 aliphatic heterocycles. The Hall–Kier alpha value is -2.05. The van der Waals surface area contributed by atoms with Crippen molar-refractivity contribution in [2.24, 2.45) is 0 Å². The molecule has 2 aromatic rings. The molecule has 0 aromatic heterocycles. The van der Waals surface area contributed by atoms with Crippen LogP contribution in [0.15, 0.2) is 46.9 Å². The van der Waals surface area contributed by atoms with Crippen molar-refractivity contribution in [1.29, 1.82) is 5.26 Å². The highest BCUT2D eigenvalue weighted by Gasteiger charge is 2.33. The maximum atomic E-state index is 9.59. The molecule has 0 aliphatic carbocycles. The van der Waals surface area contributed by atoms with Gasteiger partial charge < -0.3 is 4.90 Å². The fraction of sp³-hybridized carbons (Fsp3) is 0.318. The van der Waals surface area contributed by atoms with Gasteiger partial charge in [-0.1, -0.05) is 41.1 Å². The minimum atomic E-state index is 0.165. The Kier molecular flexibility index (Phi) is 4.75. The molecule has 0 spiro atoms. The topological polar surface area (TPSA) is 27.0 Å². The van der Waals surface area contributed by atoms with Crippen LogP contribution in [-0.4, -0.2) is 12.6 Å². The van der Waals surface area contributed by atoms with Gasteiger partial charge in [0.15, 0.2) is 0 Å². The number of benzene rings is 2. The van der Waals surface area contributed by atoms with Crippen molar-refractivity contribution in [1.82, 2.24) is 0 Å². The van der Waals surface area contributed by atoms with Gasteiger partial charge in [-0.2, -0.15) is 5.26 Å². The van der Waals surface area contributed by atoms with Gasteiger partial charge in [0.25, 0.3) is 0 Å². The average Bonchev–Trinajstić information content (AvgIpc) is 2.57. The Morgan fingerprint density at radius 3 is 2.72 bits per heavy atom. The van der Waals surface area contributed by atoms with Crippen LogP contribution in [0.5, 0.6) is 0 Å². The Morgan fingerprint density at radius 2 is 2.04 bits per heavy atom. The summed E-state index contributed by atoms with van der Waals surface area (Å²) in [5.74, 6) is 0.506. The molecule has 1 heterocycles. The zero-order valence-electron chi connectivity index (χ0n) is 15.2. The lowest BCUT2D eigenvalue weighted by Crippen LogP contribution is -2.45. The van der Waals surface area contributed by atoms with E-state index in [0.717, 1.165) is 22.0 Å². The zero-order chi connectivity index (χ0) is 18.2. The number of nitriles is 1. The van der Waals surface area contributed by atoms with Crippen molar-refractivity contribution in [2.75, 3.05) is 11.9 Å². The van der Waals surface area contributed by atoms with E-state index in [9.17, 15) is 5.26 Å². The molecule has 1 aliphatic rings. The first-order valence-corrected chi connectivity index (χ1v) is 9.36. The molecule has 0 saturated heterocycles. The van der Waals surface area contributed by atoms with E-state index >= 15 is 0 Å². The summed E-state index contributed by atoms with van der Waals surface area (Å²) in [5, 5.41) is 9.59. The Balaban J connectivity index is 2.03. The van der Waals surface area contributed by atoms with Gasteiger partial charge in [0.2, 0.25) is 0 Å². The highest BCUT2D eigenvalue weighted by Crippen LogP contribution is 2.42. The van der Waals surface area contributed by atoms with E-state index in [1.54, 1.807) is 0 Å². The van der Waals surface area contributed by atoms with Gasteiger partial charge in [0, 0.05) is 22.7 Å². The summed E-state index contributed by atoms with van der Waals surface area (Å²) in [4.78, 5) is 2.37. The van der Waals surface area contributed by atoms with Crippen LogP contribution in [0.2, 0.25) is 0 Å². The number of nitrogens with zero attached hydrogens (tertiary/aromatic N) is 2. The molecule has 25 heavy (non-hydrogen) atoms. The fourth-order valence-electron chi connectivity index (χ4n) is 3.69. The number of rotatable bonds is 2. The minimum Gasteiger partial charge on any atom is -0.369 e. The predicted molar refractivity (Wildman–Crippen MR) is 110 cm³/mol. The minimum absolute atomic E-state index is 0.165. The SMILES string of the molecule is C[C@H]1CC(C)(C)N(C)c2ccc(/C=C(/C#N)c3cccc(Br)c3)cc21. The fourth-order valence-corrected chi connectivity index (χ4v) is 4.09. The van der Waals surface area contributed by atoms with Crippen LogP contribution in [0, 0.1) is 11.3 Å². The maximum Gasteiger partial charge on any atom is 0.0998 e. The Labute approximate surface area is 158 Å². The summed E-state index contributed by atoms with van der Waals surface area (Å²) in [6, 6.07) is 16.7. The molecule has 1 atom stereocenters. The number of anilines is 1. The molecule has 0 bridgehead atoms. The van der Waals surface area contributed by atoms with E-state index in [4.69, 9.17) is 0 Å². The molecule has 0 unspecified atom stereocenters. The third-order valence-corrected chi connectivity index (χ3v) is 5.72. The van der Waals surface area contributed by atoms with Crippen molar-refractivity contribution in [2.45, 2.75) is 38.6 Å². The molecule has 2 nitrogen and oxygen atoms in total. The maximum absolute atomic E-state index is 9.59. The lowest BCUT2D eigenvalue weighted by molar-refractivity contribution is 0.395. The van der Waals surface area contributed by atoms with Crippen LogP contribution in [0.25, 0.3) is 11.6 Å². The molecule has 0 fully saturated rings. The van der Waals surface area contributed by atoms with Gasteiger partial charge in [0.05, 0.1) is 11.6 Å². The van der Waals surface area contributed by atoms with Crippen LogP contribution >= 0.6 is 15.9 Å². The molecule has 2 aromatic carbocycles. The van der Waals surface area contributed by atoms with Crippen LogP contribution in [0.1, 0.15) is 49.8 Å². The third kappa shape index (κ3) is 3.50. The highest BCUT2D eigenvalue weighted by molar-refractivity contribution is 9.10. The Morgan fingerprint density at radius 1 is 1.28 bits per heavy atom. The number of halogens is 1. The van der Waals surface area contributed by atoms with Gasteiger partial charge in [-0.15, -0.1) is 0 Å². The van der Waals surface area contributed by atoms with Gasteiger partial charge in [0.1, 0.15) is 0 Å². The van der Waals surface area contributed by atoms with Crippen molar-refractivity contribution < 1.29 is 0 Å². The standard InChI is InChI=1S/C22H23BrN2/c1-15-13-22(2,3)25(4)21-9-8-16(11-20(15)21)10-18(14-24)17-6-5-7-19(23)12-17/h5-12,15H,13H2,1-4H3/b18-10-/t15-/m0/s1. The van der Waals surface area contributed by atoms with Gasteiger partial charge in [-0.05, 0) is 73.2 Å². The molecule has 3 rings (SSSR count). The quantitative estimate of drug-likeness (QED) is 0.445. The van der Waals surface area contributed by atoms with E-state index in [1.807, 2.05) is 30.3 Å². The van der Waals surface area contributed by atoms with E-state index in [0.29, 0.717) is 11.5 Å². The summed E-state index contributed by atoms with van der Waals surface area (Å²) in [7, 11) is 2.17. The number of hydrogen-bond acceptors (Lipinski definition) is 2. The van der Waals surface area contributed by atoms with E-state index in [-0.39, 0.29) is 5.54 Å². The smallest absolute Gasteiger partial charge is 0.0998 e. The molecule has 128 valence electrons. The van der Waals surface area contributed by atoms with E-state index in [2.05, 4.69) is 72.9 Å². The molecular formula is C22H23BrN2. The van der Waals surface area contributed by atoms with Gasteiger partial charge in [-0.25, -0.2) is 0 Å². The zero-order valence-corrected chi connectivity index (χ0v) is 16.8. The van der Waals surface area contributed by atoms with E-state index < -0.39 is 0 Å². The number of hydrogen-bond donors (Lipinski definition) is 0. The third-order valence-electron chi connectivity index (χ3n) is 5.22. The Bertz CT molecular complexity index is 874. The predicted octanol–water partition coefficient (Wildman–Crippen LogP) is 6.24. The lowest BCUT2D eigenvalue weighted by Gasteiger charge is -2.45. The number of fused-ring (bicyclic) bond motifs is 1. The molecule has 0 N–H and O–H groups in total. The summed E-state index contributed by atoms with van der Waals surface area (Å²) in [6.45, 7) is 6.88. The van der Waals surface area contributed by atoms with Crippen LogP contribution in [0.3, 0.4) is 0 Å². The second-order valence-electron chi connectivity index (χ2n) is 7.48. The average molecular weight is 395 g/mol. The first-order chi connectivity index (χ1) is 11.8. The molecule has 0 amide bonds. The van der Waals surface area contributed by atoms with E-state index in [1.165, 1.54) is 11.3 Å².